The van der Waals surface area contributed by atoms with E-state index in [0.717, 1.165) is 33.3 Å². The number of amides is 1. The summed E-state index contributed by atoms with van der Waals surface area (Å²) in [6.45, 7) is 5.87. The molecule has 9 heteroatoms. The van der Waals surface area contributed by atoms with Gasteiger partial charge >= 0.3 is 6.09 Å². The predicted octanol–water partition coefficient (Wildman–Crippen LogP) is 6.39. The van der Waals surface area contributed by atoms with Gasteiger partial charge < -0.3 is 25.1 Å². The largest absolute Gasteiger partial charge is 0.463 e. The molecule has 1 heterocycles. The number of H-pyrrole nitrogens is 1. The van der Waals surface area contributed by atoms with E-state index in [1.165, 1.54) is 0 Å². The topological polar surface area (TPSA) is 104 Å². The van der Waals surface area contributed by atoms with Gasteiger partial charge in [-0.3, -0.25) is 10.1 Å². The highest BCUT2D eigenvalue weighted by molar-refractivity contribution is 5.85. The van der Waals surface area contributed by atoms with Crippen molar-refractivity contribution in [2.45, 2.75) is 39.3 Å². The highest BCUT2D eigenvalue weighted by Crippen LogP contribution is 2.27. The second kappa shape index (κ2) is 13.1. The molecule has 0 aliphatic heterocycles. The number of alkyl halides is 1. The third-order valence-electron chi connectivity index (χ3n) is 6.83. The number of rotatable bonds is 11. The lowest BCUT2D eigenvalue weighted by Crippen LogP contribution is -2.18. The van der Waals surface area contributed by atoms with Crippen molar-refractivity contribution in [3.63, 3.8) is 0 Å². The number of ether oxygens (including phenoxy) is 2. The molecule has 0 saturated carbocycles. The molecule has 0 bridgehead atoms. The van der Waals surface area contributed by atoms with Crippen molar-refractivity contribution in [2.75, 3.05) is 31.1 Å². The molecule has 0 spiro atoms. The summed E-state index contributed by atoms with van der Waals surface area (Å²) in [7, 11) is 1.77. The molecule has 0 aliphatic carbocycles. The van der Waals surface area contributed by atoms with Gasteiger partial charge in [0.2, 0.25) is 6.86 Å². The number of fused-ring (bicyclic) bond motifs is 1. The van der Waals surface area contributed by atoms with Gasteiger partial charge in [0.25, 0.3) is 5.56 Å². The molecule has 4 rings (SSSR count). The number of hydrogen-bond acceptors (Lipinski definition) is 6. The van der Waals surface area contributed by atoms with Gasteiger partial charge in [-0.2, -0.15) is 0 Å². The number of nitrogens with one attached hydrogen (secondary N) is 4. The van der Waals surface area contributed by atoms with E-state index in [0.29, 0.717) is 23.4 Å². The second-order valence-electron chi connectivity index (χ2n) is 9.82. The molecule has 40 heavy (non-hydrogen) atoms. The van der Waals surface area contributed by atoms with E-state index in [2.05, 4.69) is 46.1 Å². The molecule has 0 saturated heterocycles. The van der Waals surface area contributed by atoms with Crippen molar-refractivity contribution in [2.24, 2.45) is 0 Å². The Bertz CT molecular complexity index is 1540. The Morgan fingerprint density at radius 3 is 2.58 bits per heavy atom. The molecule has 210 valence electrons. The average molecular weight is 547 g/mol. The molecule has 3 aromatic carbocycles. The fraction of sp³-hybridized carbons (Fsp3) is 0.290. The Morgan fingerprint density at radius 1 is 1.02 bits per heavy atom. The van der Waals surface area contributed by atoms with E-state index >= 15 is 0 Å². The molecule has 1 aromatic heterocycles. The first-order valence-corrected chi connectivity index (χ1v) is 13.2. The van der Waals surface area contributed by atoms with E-state index in [4.69, 9.17) is 9.47 Å². The number of anilines is 2. The molecular formula is C31H35FN4O4. The van der Waals surface area contributed by atoms with Crippen molar-refractivity contribution in [1.29, 1.82) is 0 Å². The maximum atomic E-state index is 12.6. The standard InChI is InChI=1S/C31H35FN4O4/c1-19-13-23(21(3)35-26-7-5-22-11-12-34-30(37)28(22)15-26)6-9-27(19)20(2)17-39-31(38)36-25-8-10-29(40-18-32)24(14-25)16-33-4/h5-15,20-21,33,35H,16-18H2,1-4H3,(H,34,37)(H,36,38)/t20-,21?/m0/s1. The summed E-state index contributed by atoms with van der Waals surface area (Å²) in [5.74, 6) is 0.399. The number of aromatic amines is 1. The molecule has 1 amide bonds. The molecule has 0 radical (unpaired) electrons. The zero-order valence-electron chi connectivity index (χ0n) is 23.1. The third-order valence-corrected chi connectivity index (χ3v) is 6.83. The van der Waals surface area contributed by atoms with Gasteiger partial charge in [-0.05, 0) is 79.4 Å². The number of pyridine rings is 1. The summed E-state index contributed by atoms with van der Waals surface area (Å²) in [6.07, 6.45) is 1.08. The van der Waals surface area contributed by atoms with E-state index < -0.39 is 13.0 Å². The average Bonchev–Trinajstić information content (AvgIpc) is 2.94. The molecular weight excluding hydrogens is 511 g/mol. The fourth-order valence-electron chi connectivity index (χ4n) is 4.76. The van der Waals surface area contributed by atoms with Crippen LogP contribution >= 0.6 is 0 Å². The van der Waals surface area contributed by atoms with Crippen molar-refractivity contribution >= 4 is 28.2 Å². The number of benzene rings is 3. The fourth-order valence-corrected chi connectivity index (χ4v) is 4.76. The van der Waals surface area contributed by atoms with Crippen molar-refractivity contribution in [3.8, 4) is 5.75 Å². The highest BCUT2D eigenvalue weighted by Gasteiger charge is 2.15. The molecule has 0 fully saturated rings. The van der Waals surface area contributed by atoms with Gasteiger partial charge in [-0.25, -0.2) is 9.18 Å². The molecule has 8 nitrogen and oxygen atoms in total. The van der Waals surface area contributed by atoms with Crippen LogP contribution < -0.4 is 26.2 Å². The zero-order chi connectivity index (χ0) is 28.6. The number of carbonyl (C=O) groups is 1. The predicted molar refractivity (Wildman–Crippen MR) is 157 cm³/mol. The van der Waals surface area contributed by atoms with Crippen LogP contribution in [0.25, 0.3) is 10.8 Å². The molecule has 0 aliphatic rings. The first-order valence-electron chi connectivity index (χ1n) is 13.2. The minimum Gasteiger partial charge on any atom is -0.463 e. The molecule has 4 aromatic rings. The lowest BCUT2D eigenvalue weighted by atomic mass is 9.93. The summed E-state index contributed by atoms with van der Waals surface area (Å²) in [6, 6.07) is 18.9. The Labute approximate surface area is 232 Å². The number of aromatic nitrogens is 1. The van der Waals surface area contributed by atoms with Crippen LogP contribution in [0.2, 0.25) is 0 Å². The Kier molecular flexibility index (Phi) is 9.39. The van der Waals surface area contributed by atoms with Gasteiger partial charge in [-0.1, -0.05) is 31.2 Å². The Morgan fingerprint density at radius 2 is 1.82 bits per heavy atom. The minimum absolute atomic E-state index is 0.0137. The summed E-state index contributed by atoms with van der Waals surface area (Å²) >= 11 is 0. The van der Waals surface area contributed by atoms with Crippen LogP contribution in [0.15, 0.2) is 71.7 Å². The van der Waals surface area contributed by atoms with Crippen LogP contribution in [-0.2, 0) is 11.3 Å². The van der Waals surface area contributed by atoms with Crippen LogP contribution in [0.3, 0.4) is 0 Å². The van der Waals surface area contributed by atoms with Crippen molar-refractivity contribution in [1.82, 2.24) is 10.3 Å². The van der Waals surface area contributed by atoms with Gasteiger partial charge in [0, 0.05) is 47.0 Å². The lowest BCUT2D eigenvalue weighted by Gasteiger charge is -2.20. The number of hydrogen-bond donors (Lipinski definition) is 4. The number of aryl methyl sites for hydroxylation is 1. The molecule has 4 N–H and O–H groups in total. The second-order valence-corrected chi connectivity index (χ2v) is 9.82. The van der Waals surface area contributed by atoms with E-state index in [-0.39, 0.29) is 24.1 Å². The minimum atomic E-state index is -0.925. The van der Waals surface area contributed by atoms with Gasteiger partial charge in [0.15, 0.2) is 0 Å². The van der Waals surface area contributed by atoms with Crippen LogP contribution in [0.4, 0.5) is 20.6 Å². The number of halogens is 1. The van der Waals surface area contributed by atoms with Crippen molar-refractivity contribution in [3.05, 3.63) is 99.5 Å². The van der Waals surface area contributed by atoms with Crippen molar-refractivity contribution < 1.29 is 18.7 Å². The summed E-state index contributed by atoms with van der Waals surface area (Å²) < 4.78 is 23.1. The third kappa shape index (κ3) is 6.98. The normalized spacial score (nSPS) is 12.5. The van der Waals surface area contributed by atoms with Crippen LogP contribution in [0.5, 0.6) is 5.75 Å². The maximum Gasteiger partial charge on any atom is 0.411 e. The first kappa shape index (κ1) is 28.6. The Balaban J connectivity index is 1.35. The van der Waals surface area contributed by atoms with Crippen LogP contribution in [0, 0.1) is 6.92 Å². The zero-order valence-corrected chi connectivity index (χ0v) is 23.1. The highest BCUT2D eigenvalue weighted by atomic mass is 19.1. The quantitative estimate of drug-likeness (QED) is 0.174. The van der Waals surface area contributed by atoms with E-state index in [1.54, 1.807) is 31.4 Å². The maximum absolute atomic E-state index is 12.6. The van der Waals surface area contributed by atoms with E-state index in [1.807, 2.05) is 38.1 Å². The van der Waals surface area contributed by atoms with Gasteiger partial charge in [0.1, 0.15) is 5.75 Å². The molecule has 1 unspecified atom stereocenters. The molecule has 2 atom stereocenters. The van der Waals surface area contributed by atoms with Crippen LogP contribution in [0.1, 0.15) is 48.1 Å². The van der Waals surface area contributed by atoms with Gasteiger partial charge in [-0.15, -0.1) is 0 Å². The SMILES string of the molecule is CNCc1cc(NC(=O)OC[C@H](C)c2ccc(C(C)Nc3ccc4cc[nH]c(=O)c4c3)cc2C)ccc1OCF. The van der Waals surface area contributed by atoms with Gasteiger partial charge in [0.05, 0.1) is 6.61 Å². The summed E-state index contributed by atoms with van der Waals surface area (Å²) in [5.41, 5.74) is 5.30. The monoisotopic (exact) mass is 546 g/mol. The summed E-state index contributed by atoms with van der Waals surface area (Å²) in [5, 5.41) is 10.7. The van der Waals surface area contributed by atoms with E-state index in [9.17, 15) is 14.0 Å². The van der Waals surface area contributed by atoms with Crippen LogP contribution in [-0.4, -0.2) is 31.6 Å². The number of carbonyl (C=O) groups excluding carboxylic acids is 1. The lowest BCUT2D eigenvalue weighted by molar-refractivity contribution is 0.155. The Hall–Kier alpha value is -4.37. The summed E-state index contributed by atoms with van der Waals surface area (Å²) in [4.78, 5) is 27.3. The smallest absolute Gasteiger partial charge is 0.411 e. The first-order chi connectivity index (χ1) is 19.3.